The lowest BCUT2D eigenvalue weighted by atomic mass is 9.93. The summed E-state index contributed by atoms with van der Waals surface area (Å²) >= 11 is 0. The van der Waals surface area contributed by atoms with E-state index in [9.17, 15) is 4.79 Å². The Morgan fingerprint density at radius 1 is 1.15 bits per heavy atom. The number of nitrogens with one attached hydrogen (secondary N) is 1. The lowest BCUT2D eigenvalue weighted by Gasteiger charge is -2.32. The van der Waals surface area contributed by atoms with Crippen LogP contribution in [0.4, 0.5) is 5.69 Å². The molecule has 0 atom stereocenters. The van der Waals surface area contributed by atoms with Gasteiger partial charge < -0.3 is 15.1 Å². The first-order valence-electron chi connectivity index (χ1n) is 9.75. The van der Waals surface area contributed by atoms with E-state index in [2.05, 4.69) is 39.5 Å². The van der Waals surface area contributed by atoms with Crippen molar-refractivity contribution in [3.63, 3.8) is 0 Å². The predicted octanol–water partition coefficient (Wildman–Crippen LogP) is 3.28. The molecule has 144 valence electrons. The number of carbonyl (C=O) groups is 1. The molecule has 1 aliphatic rings. The van der Waals surface area contributed by atoms with Crippen LogP contribution in [0.5, 0.6) is 0 Å². The Morgan fingerprint density at radius 2 is 1.85 bits per heavy atom. The minimum Gasteiger partial charge on any atom is -0.378 e. The molecule has 3 rings (SSSR count). The second-order valence-corrected chi connectivity index (χ2v) is 7.53. The standard InChI is InChI=1S/C22H30N4O/c1-23-11-8-17-9-12-26(13-10-17)22(27)20-14-19(15-24-16-20)18-4-6-21(7-5-18)25(2)3/h4-7,14-17,23H,8-13H2,1-3H3. The third-order valence-corrected chi connectivity index (χ3v) is 5.41. The molecule has 1 aromatic carbocycles. The van der Waals surface area contributed by atoms with Gasteiger partial charge in [0.1, 0.15) is 0 Å². The molecule has 0 spiro atoms. The van der Waals surface area contributed by atoms with Crippen LogP contribution >= 0.6 is 0 Å². The van der Waals surface area contributed by atoms with Gasteiger partial charge in [-0.2, -0.15) is 0 Å². The Labute approximate surface area is 162 Å². The molecular formula is C22H30N4O. The van der Waals surface area contributed by atoms with Crippen LogP contribution < -0.4 is 10.2 Å². The molecule has 2 aromatic rings. The van der Waals surface area contributed by atoms with Crippen LogP contribution in [-0.2, 0) is 0 Å². The van der Waals surface area contributed by atoms with E-state index in [-0.39, 0.29) is 5.91 Å². The zero-order chi connectivity index (χ0) is 19.2. The number of amides is 1. The molecule has 0 unspecified atom stereocenters. The third kappa shape index (κ3) is 4.86. The molecule has 1 aliphatic heterocycles. The number of piperidine rings is 1. The Balaban J connectivity index is 1.67. The Bertz CT molecular complexity index is 749. The second kappa shape index (κ2) is 9.00. The summed E-state index contributed by atoms with van der Waals surface area (Å²) in [5.74, 6) is 0.822. The van der Waals surface area contributed by atoms with Gasteiger partial charge >= 0.3 is 0 Å². The number of nitrogens with zero attached hydrogens (tertiary/aromatic N) is 3. The monoisotopic (exact) mass is 366 g/mol. The molecule has 0 radical (unpaired) electrons. The number of aromatic nitrogens is 1. The summed E-state index contributed by atoms with van der Waals surface area (Å²) in [6.07, 6.45) is 6.89. The summed E-state index contributed by atoms with van der Waals surface area (Å²) in [6.45, 7) is 2.74. The van der Waals surface area contributed by atoms with Gasteiger partial charge in [0, 0.05) is 50.8 Å². The first-order valence-corrected chi connectivity index (χ1v) is 9.75. The minimum atomic E-state index is 0.0985. The second-order valence-electron chi connectivity index (χ2n) is 7.53. The van der Waals surface area contributed by atoms with E-state index in [1.165, 1.54) is 6.42 Å². The normalized spacial score (nSPS) is 15.0. The highest BCUT2D eigenvalue weighted by molar-refractivity contribution is 5.95. The van der Waals surface area contributed by atoms with Gasteiger partial charge in [0.2, 0.25) is 0 Å². The fourth-order valence-electron chi connectivity index (χ4n) is 3.62. The molecule has 1 fully saturated rings. The lowest BCUT2D eigenvalue weighted by Crippen LogP contribution is -2.39. The molecule has 1 N–H and O–H groups in total. The average molecular weight is 367 g/mol. The SMILES string of the molecule is CNCCC1CCN(C(=O)c2cncc(-c3ccc(N(C)C)cc3)c2)CC1. The molecular weight excluding hydrogens is 336 g/mol. The zero-order valence-corrected chi connectivity index (χ0v) is 16.6. The van der Waals surface area contributed by atoms with Crippen molar-refractivity contribution in [3.05, 3.63) is 48.3 Å². The van der Waals surface area contributed by atoms with E-state index in [0.29, 0.717) is 5.56 Å². The summed E-state index contributed by atoms with van der Waals surface area (Å²) in [5, 5.41) is 3.21. The first-order chi connectivity index (χ1) is 13.1. The average Bonchev–Trinajstić information content (AvgIpc) is 2.72. The molecule has 0 saturated carbocycles. The molecule has 5 nitrogen and oxygen atoms in total. The Kier molecular flexibility index (Phi) is 6.45. The maximum atomic E-state index is 12.9. The van der Waals surface area contributed by atoms with Gasteiger partial charge in [0.05, 0.1) is 5.56 Å². The Hall–Kier alpha value is -2.40. The highest BCUT2D eigenvalue weighted by Gasteiger charge is 2.23. The van der Waals surface area contributed by atoms with Gasteiger partial charge in [0.25, 0.3) is 5.91 Å². The molecule has 0 aliphatic carbocycles. The highest BCUT2D eigenvalue weighted by atomic mass is 16.2. The molecule has 0 bridgehead atoms. The summed E-state index contributed by atoms with van der Waals surface area (Å²) < 4.78 is 0. The molecule has 5 heteroatoms. The number of likely N-dealkylation sites (tertiary alicyclic amines) is 1. The van der Waals surface area contributed by atoms with E-state index >= 15 is 0 Å². The fourth-order valence-corrected chi connectivity index (χ4v) is 3.62. The molecule has 1 saturated heterocycles. The van der Waals surface area contributed by atoms with Gasteiger partial charge in [-0.15, -0.1) is 0 Å². The van der Waals surface area contributed by atoms with Crippen molar-refractivity contribution in [2.45, 2.75) is 19.3 Å². The van der Waals surface area contributed by atoms with Crippen molar-refractivity contribution in [2.24, 2.45) is 5.92 Å². The van der Waals surface area contributed by atoms with Crippen molar-refractivity contribution in [3.8, 4) is 11.1 Å². The maximum absolute atomic E-state index is 12.9. The van der Waals surface area contributed by atoms with Crippen LogP contribution in [0.2, 0.25) is 0 Å². The molecule has 1 amide bonds. The molecule has 2 heterocycles. The van der Waals surface area contributed by atoms with Crippen LogP contribution in [-0.4, -0.2) is 56.6 Å². The van der Waals surface area contributed by atoms with Gasteiger partial charge in [0.15, 0.2) is 0 Å². The van der Waals surface area contributed by atoms with Crippen molar-refractivity contribution in [1.82, 2.24) is 15.2 Å². The smallest absolute Gasteiger partial charge is 0.255 e. The van der Waals surface area contributed by atoms with Crippen molar-refractivity contribution >= 4 is 11.6 Å². The van der Waals surface area contributed by atoms with E-state index in [1.807, 2.05) is 38.3 Å². The van der Waals surface area contributed by atoms with Gasteiger partial charge in [-0.25, -0.2) is 0 Å². The van der Waals surface area contributed by atoms with Crippen LogP contribution in [0.3, 0.4) is 0 Å². The summed E-state index contributed by atoms with van der Waals surface area (Å²) in [4.78, 5) is 21.3. The maximum Gasteiger partial charge on any atom is 0.255 e. The minimum absolute atomic E-state index is 0.0985. The van der Waals surface area contributed by atoms with Crippen LogP contribution in [0.15, 0.2) is 42.7 Å². The lowest BCUT2D eigenvalue weighted by molar-refractivity contribution is 0.0687. The quantitative estimate of drug-likeness (QED) is 0.852. The van der Waals surface area contributed by atoms with Crippen LogP contribution in [0, 0.1) is 5.92 Å². The van der Waals surface area contributed by atoms with Crippen molar-refractivity contribution < 1.29 is 4.79 Å². The molecule has 27 heavy (non-hydrogen) atoms. The summed E-state index contributed by atoms with van der Waals surface area (Å²) in [7, 11) is 6.04. The number of benzene rings is 1. The highest BCUT2D eigenvalue weighted by Crippen LogP contribution is 2.25. The van der Waals surface area contributed by atoms with E-state index < -0.39 is 0 Å². The zero-order valence-electron chi connectivity index (χ0n) is 16.6. The number of pyridine rings is 1. The topological polar surface area (TPSA) is 48.5 Å². The summed E-state index contributed by atoms with van der Waals surface area (Å²) in [6, 6.07) is 10.3. The number of hydrogen-bond donors (Lipinski definition) is 1. The molecule has 1 aromatic heterocycles. The number of carbonyl (C=O) groups excluding carboxylic acids is 1. The van der Waals surface area contributed by atoms with E-state index in [4.69, 9.17) is 0 Å². The first kappa shape index (κ1) is 19.4. The number of rotatable bonds is 6. The van der Waals surface area contributed by atoms with Crippen LogP contribution in [0.1, 0.15) is 29.6 Å². The van der Waals surface area contributed by atoms with Gasteiger partial charge in [-0.3, -0.25) is 9.78 Å². The third-order valence-electron chi connectivity index (χ3n) is 5.41. The largest absolute Gasteiger partial charge is 0.378 e. The predicted molar refractivity (Wildman–Crippen MR) is 111 cm³/mol. The fraction of sp³-hybridized carbons (Fsp3) is 0.455. The van der Waals surface area contributed by atoms with Crippen LogP contribution in [0.25, 0.3) is 11.1 Å². The summed E-state index contributed by atoms with van der Waals surface area (Å²) in [5.41, 5.74) is 3.89. The van der Waals surface area contributed by atoms with Crippen molar-refractivity contribution in [1.29, 1.82) is 0 Å². The van der Waals surface area contributed by atoms with Gasteiger partial charge in [-0.05, 0) is 62.5 Å². The number of hydrogen-bond acceptors (Lipinski definition) is 4. The van der Waals surface area contributed by atoms with Crippen molar-refractivity contribution in [2.75, 3.05) is 45.7 Å². The number of anilines is 1. The van der Waals surface area contributed by atoms with E-state index in [1.54, 1.807) is 6.20 Å². The van der Waals surface area contributed by atoms with Gasteiger partial charge in [-0.1, -0.05) is 12.1 Å². The Morgan fingerprint density at radius 3 is 2.48 bits per heavy atom. The van der Waals surface area contributed by atoms with E-state index in [0.717, 1.165) is 55.2 Å².